The minimum Gasteiger partial charge on any atom is -0.497 e. The van der Waals surface area contributed by atoms with E-state index in [1.165, 1.54) is 0 Å². The van der Waals surface area contributed by atoms with Gasteiger partial charge in [0.2, 0.25) is 18.2 Å². The fourth-order valence-corrected chi connectivity index (χ4v) is 4.91. The highest BCUT2D eigenvalue weighted by atomic mass is 16.5. The van der Waals surface area contributed by atoms with Crippen LogP contribution in [0.1, 0.15) is 51.9 Å². The normalized spacial score (nSPS) is 22.7. The summed E-state index contributed by atoms with van der Waals surface area (Å²) in [7, 11) is 3.43. The van der Waals surface area contributed by atoms with E-state index < -0.39 is 0 Å². The Labute approximate surface area is 219 Å². The van der Waals surface area contributed by atoms with Gasteiger partial charge in [0.15, 0.2) is 0 Å². The molecule has 2 aliphatic carbocycles. The van der Waals surface area contributed by atoms with Crippen molar-refractivity contribution >= 4 is 23.2 Å². The molecule has 2 amide bonds. The molecule has 200 valence electrons. The van der Waals surface area contributed by atoms with E-state index in [1.807, 2.05) is 31.2 Å². The topological polar surface area (TPSA) is 90.0 Å². The molecule has 2 aliphatic rings. The van der Waals surface area contributed by atoms with Crippen LogP contribution in [0.15, 0.2) is 36.4 Å². The van der Waals surface area contributed by atoms with Crippen LogP contribution in [0.25, 0.3) is 10.9 Å². The zero-order chi connectivity index (χ0) is 26.2. The lowest BCUT2D eigenvalue weighted by Gasteiger charge is -2.17. The van der Waals surface area contributed by atoms with Gasteiger partial charge in [-0.1, -0.05) is 12.2 Å². The summed E-state index contributed by atoms with van der Waals surface area (Å²) in [6.45, 7) is 3.24. The lowest BCUT2D eigenvalue weighted by Crippen LogP contribution is -2.32. The number of nitrogens with zero attached hydrogens (tertiary/aromatic N) is 2. The number of rotatable bonds is 14. The van der Waals surface area contributed by atoms with Gasteiger partial charge in [0, 0.05) is 43.1 Å². The van der Waals surface area contributed by atoms with Crippen LogP contribution in [0.2, 0.25) is 0 Å². The number of carbonyl (C=O) groups excluding carboxylic acids is 2. The summed E-state index contributed by atoms with van der Waals surface area (Å²) in [5, 5.41) is 4.14. The number of benzene rings is 1. The first-order valence-electron chi connectivity index (χ1n) is 13.4. The molecular weight excluding hydrogens is 470 g/mol. The number of amides is 2. The first kappa shape index (κ1) is 26.8. The molecule has 0 spiro atoms. The number of methoxy groups -OCH3 is 1. The second-order valence-corrected chi connectivity index (χ2v) is 10.0. The van der Waals surface area contributed by atoms with Crippen LogP contribution in [-0.2, 0) is 9.59 Å². The van der Waals surface area contributed by atoms with Crippen LogP contribution >= 0.6 is 0 Å². The molecule has 8 heteroatoms. The second kappa shape index (κ2) is 12.8. The van der Waals surface area contributed by atoms with E-state index in [0.717, 1.165) is 73.9 Å². The van der Waals surface area contributed by atoms with Gasteiger partial charge in [0.05, 0.1) is 25.3 Å². The van der Waals surface area contributed by atoms with Crippen molar-refractivity contribution in [2.45, 2.75) is 64.0 Å². The van der Waals surface area contributed by atoms with Crippen molar-refractivity contribution in [3.63, 3.8) is 0 Å². The molecule has 0 aliphatic heterocycles. The minimum atomic E-state index is -0.0235. The van der Waals surface area contributed by atoms with Crippen molar-refractivity contribution in [3.8, 4) is 17.4 Å². The monoisotopic (exact) mass is 509 g/mol. The zero-order valence-electron chi connectivity index (χ0n) is 22.2. The number of allylic oxidation sites excluding steroid dienone is 1. The first-order chi connectivity index (χ1) is 18.0. The molecule has 4 rings (SSSR count). The largest absolute Gasteiger partial charge is 0.497 e. The van der Waals surface area contributed by atoms with Crippen LogP contribution in [0.3, 0.4) is 0 Å². The van der Waals surface area contributed by atoms with E-state index in [-0.39, 0.29) is 24.0 Å². The smallest absolute Gasteiger partial charge is 0.223 e. The van der Waals surface area contributed by atoms with Crippen LogP contribution in [0.5, 0.6) is 17.4 Å². The Hall–Kier alpha value is -3.29. The fraction of sp³-hybridized carbons (Fsp3) is 0.552. The van der Waals surface area contributed by atoms with Crippen molar-refractivity contribution in [1.82, 2.24) is 15.2 Å². The van der Waals surface area contributed by atoms with Gasteiger partial charge in [-0.05, 0) is 69.9 Å². The summed E-state index contributed by atoms with van der Waals surface area (Å²) in [5.74, 6) is 2.53. The van der Waals surface area contributed by atoms with Crippen LogP contribution in [0.4, 0.5) is 0 Å². The van der Waals surface area contributed by atoms with Gasteiger partial charge in [-0.2, -0.15) is 0 Å². The number of hydrogen-bond acceptors (Lipinski definition) is 6. The van der Waals surface area contributed by atoms with Crippen molar-refractivity contribution in [2.24, 2.45) is 11.8 Å². The molecule has 4 atom stereocenters. The van der Waals surface area contributed by atoms with Crippen molar-refractivity contribution in [2.75, 3.05) is 27.3 Å². The third-order valence-corrected chi connectivity index (χ3v) is 7.16. The Morgan fingerprint density at radius 2 is 2.08 bits per heavy atom. The molecule has 2 saturated carbocycles. The van der Waals surface area contributed by atoms with E-state index in [1.54, 1.807) is 19.1 Å². The average Bonchev–Trinajstić information content (AvgIpc) is 3.46. The lowest BCUT2D eigenvalue weighted by atomic mass is 10.1. The molecule has 0 saturated heterocycles. The van der Waals surface area contributed by atoms with E-state index in [9.17, 15) is 9.59 Å². The maximum absolute atomic E-state index is 12.9. The molecule has 1 N–H and O–H groups in total. The highest BCUT2D eigenvalue weighted by Gasteiger charge is 2.39. The molecule has 1 aromatic heterocycles. The average molecular weight is 510 g/mol. The van der Waals surface area contributed by atoms with Gasteiger partial charge >= 0.3 is 0 Å². The SMILES string of the molecule is CCOc1cc(O[C@H]2CC[C@H](C(=O)N[C@@H]3C[C@H]3/C=C\CCCCN(C)C=O)C2)c2ccc(OC)cc2n1. The Balaban J connectivity index is 1.25. The molecular formula is C29H39N3O5. The van der Waals surface area contributed by atoms with Gasteiger partial charge in [0.1, 0.15) is 11.5 Å². The molecule has 1 aromatic carbocycles. The van der Waals surface area contributed by atoms with Crippen LogP contribution in [-0.4, -0.2) is 61.7 Å². The number of hydrogen-bond donors (Lipinski definition) is 1. The number of carbonyl (C=O) groups is 2. The summed E-state index contributed by atoms with van der Waals surface area (Å²) in [5.41, 5.74) is 0.758. The Bertz CT molecular complexity index is 1100. The Kier molecular flexibility index (Phi) is 9.25. The summed E-state index contributed by atoms with van der Waals surface area (Å²) < 4.78 is 17.4. The summed E-state index contributed by atoms with van der Waals surface area (Å²) in [6.07, 6.45) is 11.7. The highest BCUT2D eigenvalue weighted by molar-refractivity contribution is 5.87. The maximum Gasteiger partial charge on any atom is 0.223 e. The molecule has 2 aromatic rings. The van der Waals surface area contributed by atoms with Gasteiger partial charge in [0.25, 0.3) is 0 Å². The molecule has 2 fully saturated rings. The van der Waals surface area contributed by atoms with Crippen LogP contribution < -0.4 is 19.5 Å². The number of unbranched alkanes of at least 4 members (excludes halogenated alkanes) is 2. The van der Waals surface area contributed by atoms with E-state index in [0.29, 0.717) is 24.8 Å². The van der Waals surface area contributed by atoms with Gasteiger partial charge in [-0.15, -0.1) is 0 Å². The Morgan fingerprint density at radius 1 is 1.22 bits per heavy atom. The second-order valence-electron chi connectivity index (χ2n) is 10.0. The summed E-state index contributed by atoms with van der Waals surface area (Å²) >= 11 is 0. The molecule has 8 nitrogen and oxygen atoms in total. The number of aromatic nitrogens is 1. The highest BCUT2D eigenvalue weighted by Crippen LogP contribution is 2.37. The number of nitrogens with one attached hydrogen (secondary N) is 1. The van der Waals surface area contributed by atoms with Gasteiger partial charge in [-0.3, -0.25) is 9.59 Å². The first-order valence-corrected chi connectivity index (χ1v) is 13.4. The van der Waals surface area contributed by atoms with Crippen molar-refractivity contribution in [3.05, 3.63) is 36.4 Å². The molecule has 0 bridgehead atoms. The molecule has 1 heterocycles. The number of ether oxygens (including phenoxy) is 3. The summed E-state index contributed by atoms with van der Waals surface area (Å²) in [4.78, 5) is 29.8. The third-order valence-electron chi connectivity index (χ3n) is 7.16. The fourth-order valence-electron chi connectivity index (χ4n) is 4.91. The lowest BCUT2D eigenvalue weighted by molar-refractivity contribution is -0.125. The van der Waals surface area contributed by atoms with E-state index >= 15 is 0 Å². The van der Waals surface area contributed by atoms with Crippen molar-refractivity contribution in [1.29, 1.82) is 0 Å². The number of fused-ring (bicyclic) bond motifs is 1. The van der Waals surface area contributed by atoms with Crippen LogP contribution in [0, 0.1) is 11.8 Å². The van der Waals surface area contributed by atoms with Gasteiger partial charge < -0.3 is 24.4 Å². The quantitative estimate of drug-likeness (QED) is 0.229. The Morgan fingerprint density at radius 3 is 2.86 bits per heavy atom. The standard InChI is InChI=1S/C29H39N3O5/c1-4-36-28-18-27(24-13-12-22(35-3)17-26(24)30-28)37-23-11-10-21(15-23)29(34)31-25-16-20(25)9-7-5-6-8-14-32(2)19-33/h7,9,12-13,17-21,23,25H,4-6,8,10-11,14-16H2,1-3H3,(H,31,34)/b9-7-/t20-,21+,23+,25-/m1/s1. The minimum absolute atomic E-state index is 0.0221. The van der Waals surface area contributed by atoms with E-state index in [4.69, 9.17) is 14.2 Å². The predicted molar refractivity (Wildman–Crippen MR) is 143 cm³/mol. The van der Waals surface area contributed by atoms with Crippen molar-refractivity contribution < 1.29 is 23.8 Å². The maximum atomic E-state index is 12.9. The zero-order valence-corrected chi connectivity index (χ0v) is 22.2. The molecule has 0 unspecified atom stereocenters. The van der Waals surface area contributed by atoms with Gasteiger partial charge in [-0.25, -0.2) is 4.98 Å². The molecule has 0 radical (unpaired) electrons. The molecule has 37 heavy (non-hydrogen) atoms. The number of pyridine rings is 1. The summed E-state index contributed by atoms with van der Waals surface area (Å²) in [6, 6.07) is 7.82. The third kappa shape index (κ3) is 7.37. The predicted octanol–water partition coefficient (Wildman–Crippen LogP) is 4.51. The van der Waals surface area contributed by atoms with E-state index in [2.05, 4.69) is 22.5 Å².